The molecule has 0 saturated heterocycles. The molecule has 2 rings (SSSR count). The van der Waals surface area contributed by atoms with Crippen molar-refractivity contribution in [1.82, 2.24) is 10.3 Å². The fourth-order valence-corrected chi connectivity index (χ4v) is 2.45. The average molecular weight is 266 g/mol. The molecule has 0 aliphatic carbocycles. The zero-order valence-corrected chi connectivity index (χ0v) is 11.1. The monoisotopic (exact) mass is 266 g/mol. The summed E-state index contributed by atoms with van der Waals surface area (Å²) in [5.74, 6) is -0.0175. The highest BCUT2D eigenvalue weighted by Gasteiger charge is 2.16. The lowest BCUT2D eigenvalue weighted by atomic mass is 10.0. The van der Waals surface area contributed by atoms with Gasteiger partial charge in [0.05, 0.1) is 24.4 Å². The molecule has 3 nitrogen and oxygen atoms in total. The van der Waals surface area contributed by atoms with Gasteiger partial charge in [0.2, 0.25) is 0 Å². The van der Waals surface area contributed by atoms with Gasteiger partial charge in [0, 0.05) is 5.38 Å². The summed E-state index contributed by atoms with van der Waals surface area (Å²) in [6, 6.07) is 5.20. The van der Waals surface area contributed by atoms with Crippen molar-refractivity contribution in [3.8, 4) is 5.75 Å². The smallest absolute Gasteiger partial charge is 0.168 e. The summed E-state index contributed by atoms with van der Waals surface area (Å²) in [5, 5.41) is 5.13. The number of aromatic nitrogens is 1. The number of benzene rings is 1. The number of ether oxygens (including phenoxy) is 1. The molecule has 0 radical (unpaired) electrons. The minimum absolute atomic E-state index is 0.0119. The zero-order chi connectivity index (χ0) is 13.0. The number of rotatable bonds is 5. The van der Waals surface area contributed by atoms with E-state index in [0.29, 0.717) is 12.0 Å². The van der Waals surface area contributed by atoms with Crippen LogP contribution in [0, 0.1) is 5.82 Å². The summed E-state index contributed by atoms with van der Waals surface area (Å²) in [4.78, 5) is 4.26. The summed E-state index contributed by atoms with van der Waals surface area (Å²) in [5.41, 5.74) is 3.34. The highest BCUT2D eigenvalue weighted by Crippen LogP contribution is 2.24. The van der Waals surface area contributed by atoms with Crippen LogP contribution in [0.15, 0.2) is 29.1 Å². The van der Waals surface area contributed by atoms with Gasteiger partial charge >= 0.3 is 0 Å². The Morgan fingerprint density at radius 1 is 1.50 bits per heavy atom. The van der Waals surface area contributed by atoms with Crippen LogP contribution in [-0.2, 0) is 6.42 Å². The van der Waals surface area contributed by atoms with Crippen molar-refractivity contribution in [3.05, 3.63) is 46.2 Å². The van der Waals surface area contributed by atoms with Gasteiger partial charge < -0.3 is 10.1 Å². The Balaban J connectivity index is 2.22. The van der Waals surface area contributed by atoms with E-state index < -0.39 is 0 Å². The highest BCUT2D eigenvalue weighted by atomic mass is 32.1. The second-order valence-corrected chi connectivity index (χ2v) is 4.61. The van der Waals surface area contributed by atoms with Crippen LogP contribution in [0.2, 0.25) is 0 Å². The van der Waals surface area contributed by atoms with Gasteiger partial charge in [0.25, 0.3) is 0 Å². The molecule has 2 aromatic rings. The lowest BCUT2D eigenvalue weighted by Crippen LogP contribution is -2.19. The van der Waals surface area contributed by atoms with Crippen molar-refractivity contribution in [1.29, 1.82) is 0 Å². The van der Waals surface area contributed by atoms with Crippen LogP contribution in [0.5, 0.6) is 5.75 Å². The van der Waals surface area contributed by atoms with E-state index in [1.54, 1.807) is 23.7 Å². The highest BCUT2D eigenvalue weighted by molar-refractivity contribution is 7.07. The Bertz CT molecular complexity index is 502. The van der Waals surface area contributed by atoms with Gasteiger partial charge in [-0.2, -0.15) is 0 Å². The van der Waals surface area contributed by atoms with Gasteiger partial charge in [-0.25, -0.2) is 9.37 Å². The minimum atomic E-state index is -0.296. The van der Waals surface area contributed by atoms with Crippen molar-refractivity contribution in [2.24, 2.45) is 0 Å². The molecule has 1 heterocycles. The van der Waals surface area contributed by atoms with Crippen molar-refractivity contribution >= 4 is 11.3 Å². The van der Waals surface area contributed by atoms with Crippen LogP contribution in [0.25, 0.3) is 0 Å². The van der Waals surface area contributed by atoms with Crippen LogP contribution in [0.1, 0.15) is 17.3 Å². The van der Waals surface area contributed by atoms with Gasteiger partial charge in [-0.3, -0.25) is 0 Å². The molecule has 0 saturated carbocycles. The van der Waals surface area contributed by atoms with Crippen LogP contribution >= 0.6 is 11.3 Å². The Morgan fingerprint density at radius 2 is 2.33 bits per heavy atom. The van der Waals surface area contributed by atoms with Crippen molar-refractivity contribution in [3.63, 3.8) is 0 Å². The molecule has 18 heavy (non-hydrogen) atoms. The minimum Gasteiger partial charge on any atom is -0.494 e. The third-order valence-electron chi connectivity index (χ3n) is 2.84. The number of hydrogen-bond acceptors (Lipinski definition) is 4. The van der Waals surface area contributed by atoms with Gasteiger partial charge in [0.15, 0.2) is 11.6 Å². The first-order chi connectivity index (χ1) is 8.76. The molecular formula is C13H15FN2OS. The number of methoxy groups -OCH3 is 1. The number of nitrogens with zero attached hydrogens (tertiary/aromatic N) is 1. The van der Waals surface area contributed by atoms with Crippen molar-refractivity contribution in [2.75, 3.05) is 14.2 Å². The Kier molecular flexibility index (Phi) is 4.28. The summed E-state index contributed by atoms with van der Waals surface area (Å²) in [6.45, 7) is 0. The second-order valence-electron chi connectivity index (χ2n) is 3.89. The van der Waals surface area contributed by atoms with Crippen LogP contribution in [0.3, 0.4) is 0 Å². The van der Waals surface area contributed by atoms with Gasteiger partial charge in [-0.15, -0.1) is 11.3 Å². The molecule has 96 valence electrons. The van der Waals surface area contributed by atoms with E-state index >= 15 is 0 Å². The van der Waals surface area contributed by atoms with E-state index in [1.165, 1.54) is 18.4 Å². The van der Waals surface area contributed by atoms with E-state index in [1.807, 2.05) is 12.4 Å². The van der Waals surface area contributed by atoms with E-state index in [9.17, 15) is 4.39 Å². The largest absolute Gasteiger partial charge is 0.494 e. The molecule has 1 atom stereocenters. The molecule has 0 spiro atoms. The number of hydrogen-bond donors (Lipinski definition) is 1. The van der Waals surface area contributed by atoms with Crippen LogP contribution in [-0.4, -0.2) is 19.1 Å². The van der Waals surface area contributed by atoms with E-state index in [2.05, 4.69) is 10.3 Å². The molecule has 0 aliphatic rings. The number of thiazole rings is 1. The third kappa shape index (κ3) is 2.68. The van der Waals surface area contributed by atoms with E-state index in [4.69, 9.17) is 4.74 Å². The summed E-state index contributed by atoms with van der Waals surface area (Å²) in [6.07, 6.45) is 0.545. The summed E-state index contributed by atoms with van der Waals surface area (Å²) in [7, 11) is 3.32. The molecule has 0 bridgehead atoms. The molecule has 0 fully saturated rings. The molecule has 0 amide bonds. The second kappa shape index (κ2) is 5.93. The summed E-state index contributed by atoms with van der Waals surface area (Å²) < 4.78 is 19.0. The first-order valence-corrected chi connectivity index (χ1v) is 6.57. The Hall–Kier alpha value is -1.46. The zero-order valence-electron chi connectivity index (χ0n) is 10.3. The van der Waals surface area contributed by atoms with Gasteiger partial charge in [-0.1, -0.05) is 12.1 Å². The van der Waals surface area contributed by atoms with Crippen LogP contribution in [0.4, 0.5) is 4.39 Å². The topological polar surface area (TPSA) is 34.1 Å². The van der Waals surface area contributed by atoms with Gasteiger partial charge in [0.1, 0.15) is 0 Å². The quantitative estimate of drug-likeness (QED) is 0.903. The first kappa shape index (κ1) is 13.0. The number of likely N-dealkylation sites (N-methyl/N-ethyl adjacent to an activating group) is 1. The molecule has 5 heteroatoms. The lowest BCUT2D eigenvalue weighted by Gasteiger charge is -2.15. The van der Waals surface area contributed by atoms with Crippen LogP contribution < -0.4 is 10.1 Å². The molecule has 1 aromatic carbocycles. The SMILES string of the molecule is CNC(Cc1cccc(OC)c1F)c1cscn1. The normalized spacial score (nSPS) is 12.4. The number of halogens is 1. The molecule has 1 unspecified atom stereocenters. The fraction of sp³-hybridized carbons (Fsp3) is 0.308. The standard InChI is InChI=1S/C13H15FN2OS/c1-15-10(11-7-18-8-16-11)6-9-4-3-5-12(17-2)13(9)14/h3-5,7-8,10,15H,6H2,1-2H3. The lowest BCUT2D eigenvalue weighted by molar-refractivity contribution is 0.382. The maximum atomic E-state index is 14.0. The Morgan fingerprint density at radius 3 is 2.94 bits per heavy atom. The maximum Gasteiger partial charge on any atom is 0.168 e. The van der Waals surface area contributed by atoms with Gasteiger partial charge in [-0.05, 0) is 25.1 Å². The first-order valence-electron chi connectivity index (χ1n) is 5.63. The van der Waals surface area contributed by atoms with E-state index in [0.717, 1.165) is 5.69 Å². The fourth-order valence-electron chi connectivity index (χ4n) is 1.84. The predicted octanol–water partition coefficient (Wildman–Crippen LogP) is 2.79. The molecule has 1 N–H and O–H groups in total. The molecule has 0 aliphatic heterocycles. The predicted molar refractivity (Wildman–Crippen MR) is 70.6 cm³/mol. The summed E-state index contributed by atoms with van der Waals surface area (Å²) >= 11 is 1.54. The Labute approximate surface area is 110 Å². The maximum absolute atomic E-state index is 14.0. The third-order valence-corrected chi connectivity index (χ3v) is 3.45. The molecule has 1 aromatic heterocycles. The molecular weight excluding hydrogens is 251 g/mol. The average Bonchev–Trinajstić information content (AvgIpc) is 2.91. The van der Waals surface area contributed by atoms with Crippen molar-refractivity contribution < 1.29 is 9.13 Å². The van der Waals surface area contributed by atoms with Crippen molar-refractivity contribution in [2.45, 2.75) is 12.5 Å². The number of nitrogens with one attached hydrogen (secondary N) is 1. The van der Waals surface area contributed by atoms with E-state index in [-0.39, 0.29) is 17.6 Å².